The molecule has 3 unspecified atom stereocenters. The topological polar surface area (TPSA) is 88.5 Å². The van der Waals surface area contributed by atoms with E-state index in [4.69, 9.17) is 0 Å². The van der Waals surface area contributed by atoms with E-state index in [1.54, 1.807) is 6.92 Å². The first-order chi connectivity index (χ1) is 12.5. The van der Waals surface area contributed by atoms with Gasteiger partial charge >= 0.3 is 0 Å². The molecule has 0 saturated heterocycles. The van der Waals surface area contributed by atoms with Crippen LogP contribution in [0.3, 0.4) is 0 Å². The maximum absolute atomic E-state index is 13.0. The zero-order chi connectivity index (χ0) is 19.9. The van der Waals surface area contributed by atoms with Gasteiger partial charge in [0, 0.05) is 17.3 Å². The van der Waals surface area contributed by atoms with Crippen LogP contribution in [0.4, 0.5) is 0 Å². The standard InChI is InChI=1S/C22H30O5/c1-10-9-15-12-5-6-14-17(24)18(25)19(26)20(27)22(14,4)13(12)7-8-21(15,3)16(10)11(2)23/h10,12-17,24H,5-9H2,1-4H3/t10?,12-,13+,14?,15+,16-,17?,21+,22-/m1/s1. The maximum atomic E-state index is 13.0. The molecule has 0 aromatic heterocycles. The van der Waals surface area contributed by atoms with E-state index in [0.717, 1.165) is 25.7 Å². The molecule has 4 saturated carbocycles. The summed E-state index contributed by atoms with van der Waals surface area (Å²) in [5.41, 5.74) is -1.00. The van der Waals surface area contributed by atoms with Crippen molar-refractivity contribution in [3.05, 3.63) is 0 Å². The maximum Gasteiger partial charge on any atom is 0.267 e. The summed E-state index contributed by atoms with van der Waals surface area (Å²) in [6.07, 6.45) is 2.72. The van der Waals surface area contributed by atoms with Crippen molar-refractivity contribution in [1.82, 2.24) is 0 Å². The van der Waals surface area contributed by atoms with Crippen LogP contribution in [0, 0.1) is 46.3 Å². The average Bonchev–Trinajstić information content (AvgIpc) is 2.88. The smallest absolute Gasteiger partial charge is 0.267 e. The van der Waals surface area contributed by atoms with Gasteiger partial charge in [-0.2, -0.15) is 0 Å². The summed E-state index contributed by atoms with van der Waals surface area (Å²) in [4.78, 5) is 49.6. The molecule has 4 rings (SSSR count). The number of ketones is 4. The molecule has 4 aliphatic carbocycles. The highest BCUT2D eigenvalue weighted by Crippen LogP contribution is 2.67. The van der Waals surface area contributed by atoms with Crippen molar-refractivity contribution in [3.8, 4) is 0 Å². The highest BCUT2D eigenvalue weighted by Gasteiger charge is 2.67. The second-order valence-electron chi connectivity index (χ2n) is 10.2. The van der Waals surface area contributed by atoms with Crippen molar-refractivity contribution >= 4 is 23.1 Å². The summed E-state index contributed by atoms with van der Waals surface area (Å²) in [6, 6.07) is 0. The van der Waals surface area contributed by atoms with Crippen molar-refractivity contribution < 1.29 is 24.3 Å². The second kappa shape index (κ2) is 5.82. The number of Topliss-reactive ketones (excluding diaryl/α,β-unsaturated/α-hetero) is 4. The Bertz CT molecular complexity index is 741. The number of aliphatic hydroxyl groups excluding tert-OH is 1. The Balaban J connectivity index is 1.73. The molecule has 5 heteroatoms. The minimum atomic E-state index is -1.35. The van der Waals surface area contributed by atoms with Gasteiger partial charge in [-0.1, -0.05) is 20.8 Å². The molecule has 0 amide bonds. The molecule has 0 aromatic carbocycles. The van der Waals surface area contributed by atoms with E-state index in [2.05, 4.69) is 13.8 Å². The van der Waals surface area contributed by atoms with Crippen molar-refractivity contribution in [2.75, 3.05) is 0 Å². The Morgan fingerprint density at radius 3 is 2.33 bits per heavy atom. The number of carbonyl (C=O) groups is 4. The molecule has 0 heterocycles. The van der Waals surface area contributed by atoms with Crippen LogP contribution in [0.25, 0.3) is 0 Å². The van der Waals surface area contributed by atoms with E-state index in [1.807, 2.05) is 6.92 Å². The van der Waals surface area contributed by atoms with E-state index < -0.39 is 34.8 Å². The SMILES string of the molecule is CC(=O)[C@H]1C(C)C[C@H]2[C@@H]3CCC4C(O)C(=O)C(=O)C(=O)[C@]4(C)[C@H]3CC[C@]12C. The van der Waals surface area contributed by atoms with Gasteiger partial charge in [0.15, 0.2) is 0 Å². The largest absolute Gasteiger partial charge is 0.384 e. The lowest BCUT2D eigenvalue weighted by atomic mass is 9.44. The Morgan fingerprint density at radius 1 is 1.04 bits per heavy atom. The number of fused-ring (bicyclic) bond motifs is 5. The minimum absolute atomic E-state index is 0.00596. The molecule has 4 fully saturated rings. The molecular formula is C22H30O5. The third kappa shape index (κ3) is 2.21. The highest BCUT2D eigenvalue weighted by atomic mass is 16.3. The van der Waals surface area contributed by atoms with E-state index >= 15 is 0 Å². The fraction of sp³-hybridized carbons (Fsp3) is 0.818. The van der Waals surface area contributed by atoms with Crippen LogP contribution in [0.2, 0.25) is 0 Å². The van der Waals surface area contributed by atoms with Crippen LogP contribution < -0.4 is 0 Å². The summed E-state index contributed by atoms with van der Waals surface area (Å²) in [5.74, 6) is -1.70. The van der Waals surface area contributed by atoms with Gasteiger partial charge in [-0.15, -0.1) is 0 Å². The van der Waals surface area contributed by atoms with Gasteiger partial charge in [0.25, 0.3) is 5.78 Å². The van der Waals surface area contributed by atoms with Gasteiger partial charge in [-0.3, -0.25) is 19.2 Å². The number of hydrogen-bond acceptors (Lipinski definition) is 5. The van der Waals surface area contributed by atoms with Crippen molar-refractivity contribution in [1.29, 1.82) is 0 Å². The fourth-order valence-corrected chi connectivity index (χ4v) is 8.11. The Labute approximate surface area is 160 Å². The van der Waals surface area contributed by atoms with E-state index in [9.17, 15) is 24.3 Å². The lowest BCUT2D eigenvalue weighted by Crippen LogP contribution is -2.64. The van der Waals surface area contributed by atoms with Crippen LogP contribution in [-0.2, 0) is 19.2 Å². The van der Waals surface area contributed by atoms with E-state index in [1.165, 1.54) is 0 Å². The molecule has 0 spiro atoms. The molecule has 0 aromatic rings. The minimum Gasteiger partial charge on any atom is -0.384 e. The van der Waals surface area contributed by atoms with Crippen molar-refractivity contribution in [3.63, 3.8) is 0 Å². The number of aliphatic hydroxyl groups is 1. The summed E-state index contributed by atoms with van der Waals surface area (Å²) < 4.78 is 0. The van der Waals surface area contributed by atoms with Gasteiger partial charge in [0.05, 0.1) is 0 Å². The molecular weight excluding hydrogens is 344 g/mol. The molecule has 27 heavy (non-hydrogen) atoms. The van der Waals surface area contributed by atoms with Crippen LogP contribution in [0.1, 0.15) is 59.8 Å². The zero-order valence-corrected chi connectivity index (χ0v) is 16.7. The molecule has 148 valence electrons. The number of hydrogen-bond donors (Lipinski definition) is 1. The highest BCUT2D eigenvalue weighted by molar-refractivity contribution is 6.66. The van der Waals surface area contributed by atoms with Crippen molar-refractivity contribution in [2.24, 2.45) is 46.3 Å². The average molecular weight is 374 g/mol. The van der Waals surface area contributed by atoms with Gasteiger partial charge in [-0.25, -0.2) is 0 Å². The van der Waals surface area contributed by atoms with Gasteiger partial charge in [0.2, 0.25) is 11.6 Å². The molecule has 4 aliphatic rings. The lowest BCUT2D eigenvalue weighted by molar-refractivity contribution is -0.178. The number of rotatable bonds is 1. The summed E-state index contributed by atoms with van der Waals surface area (Å²) in [5, 5.41) is 10.4. The summed E-state index contributed by atoms with van der Waals surface area (Å²) in [7, 11) is 0. The van der Waals surface area contributed by atoms with E-state index in [0.29, 0.717) is 18.3 Å². The van der Waals surface area contributed by atoms with Crippen LogP contribution in [-0.4, -0.2) is 34.3 Å². The predicted molar refractivity (Wildman–Crippen MR) is 97.6 cm³/mol. The third-order valence-corrected chi connectivity index (χ3v) is 9.14. The van der Waals surface area contributed by atoms with Gasteiger partial charge < -0.3 is 5.11 Å². The molecule has 0 radical (unpaired) electrons. The third-order valence-electron chi connectivity index (χ3n) is 9.14. The Kier molecular flexibility index (Phi) is 4.09. The zero-order valence-electron chi connectivity index (χ0n) is 16.7. The molecule has 0 aliphatic heterocycles. The Morgan fingerprint density at radius 2 is 1.70 bits per heavy atom. The van der Waals surface area contributed by atoms with Crippen LogP contribution in [0.5, 0.6) is 0 Å². The normalized spacial score (nSPS) is 52.2. The number of carbonyl (C=O) groups excluding carboxylic acids is 4. The first kappa shape index (κ1) is 19.0. The fourth-order valence-electron chi connectivity index (χ4n) is 8.11. The van der Waals surface area contributed by atoms with Crippen molar-refractivity contribution in [2.45, 2.75) is 65.9 Å². The molecule has 1 N–H and O–H groups in total. The summed E-state index contributed by atoms with van der Waals surface area (Å²) in [6.45, 7) is 7.91. The van der Waals surface area contributed by atoms with Crippen LogP contribution in [0.15, 0.2) is 0 Å². The first-order valence-corrected chi connectivity index (χ1v) is 10.4. The molecule has 0 bridgehead atoms. The second-order valence-corrected chi connectivity index (χ2v) is 10.2. The quantitative estimate of drug-likeness (QED) is 0.712. The Hall–Kier alpha value is -1.36. The molecule has 9 atom stereocenters. The van der Waals surface area contributed by atoms with E-state index in [-0.39, 0.29) is 29.0 Å². The van der Waals surface area contributed by atoms with Gasteiger partial charge in [0.1, 0.15) is 11.9 Å². The van der Waals surface area contributed by atoms with Crippen LogP contribution >= 0.6 is 0 Å². The predicted octanol–water partition coefficient (Wildman–Crippen LogP) is 2.38. The monoisotopic (exact) mass is 374 g/mol. The van der Waals surface area contributed by atoms with Gasteiger partial charge in [-0.05, 0) is 68.1 Å². The first-order valence-electron chi connectivity index (χ1n) is 10.4. The molecule has 5 nitrogen and oxygen atoms in total. The lowest BCUT2D eigenvalue weighted by Gasteiger charge is -2.59. The summed E-state index contributed by atoms with van der Waals surface area (Å²) >= 11 is 0.